The molecule has 0 unspecified atom stereocenters. The average Bonchev–Trinajstić information content (AvgIpc) is 3.80. The molecule has 0 atom stereocenters. The topological polar surface area (TPSA) is 8.17 Å². The van der Waals surface area contributed by atoms with E-state index < -0.39 is 0 Å². The molecule has 0 amide bonds. The second-order valence-electron chi connectivity index (χ2n) is 18.0. The second kappa shape index (κ2) is 14.9. The van der Waals surface area contributed by atoms with Gasteiger partial charge in [0.05, 0.1) is 11.0 Å². The van der Waals surface area contributed by atoms with Crippen LogP contribution in [0.3, 0.4) is 0 Å². The lowest BCUT2D eigenvalue weighted by Gasteiger charge is -2.32. The fraction of sp³-hybridized carbons (Fsp3) is 0.115. The molecule has 0 N–H and O–H groups in total. The summed E-state index contributed by atoms with van der Waals surface area (Å²) in [5.41, 5.74) is 20.6. The van der Waals surface area contributed by atoms with Gasteiger partial charge < -0.3 is 9.47 Å². The number of hydrogen-bond donors (Lipinski definition) is 0. The average molecular weight is 809 g/mol. The van der Waals surface area contributed by atoms with Crippen molar-refractivity contribution >= 4 is 44.0 Å². The molecule has 8 aromatic carbocycles. The summed E-state index contributed by atoms with van der Waals surface area (Å²) in [5.74, 6) is 0. The van der Waals surface area contributed by atoms with Gasteiger partial charge >= 0.3 is 0 Å². The van der Waals surface area contributed by atoms with Gasteiger partial charge in [-0.15, -0.1) is 0 Å². The van der Waals surface area contributed by atoms with Crippen molar-refractivity contribution in [3.05, 3.63) is 234 Å². The van der Waals surface area contributed by atoms with Crippen LogP contribution in [0.2, 0.25) is 0 Å². The van der Waals surface area contributed by atoms with E-state index in [-0.39, 0.29) is 5.41 Å². The molecule has 3 aliphatic rings. The minimum Gasteiger partial charge on any atom is -0.314 e. The molecule has 302 valence electrons. The van der Waals surface area contributed by atoms with E-state index in [2.05, 4.69) is 230 Å². The standard InChI is InChI=1S/C61H48N2/c1-61(2)56-20-12-11-19-53(56)54-36-35-51(40-57(54)61)62(49-31-25-43(26-32-49)41-13-5-3-6-14-41)50-33-27-44(28-34-50)42-21-23-45(24-22-42)47-30-37-58-55(39-47)60-52-18-10-9-15-46(52)29-38-59(60)63(58)48-16-7-4-8-17-48/h3-5,7-13,15-25,27-31,33-40H,6,14,26,32H2,1-2H3. The number of anilines is 2. The van der Waals surface area contributed by atoms with Crippen LogP contribution in [0.5, 0.6) is 0 Å². The number of fused-ring (bicyclic) bond motifs is 8. The van der Waals surface area contributed by atoms with Crippen LogP contribution in [-0.2, 0) is 5.41 Å². The van der Waals surface area contributed by atoms with Gasteiger partial charge in [-0.05, 0) is 153 Å². The summed E-state index contributed by atoms with van der Waals surface area (Å²) in [5, 5.41) is 5.11. The molecule has 2 nitrogen and oxygen atoms in total. The largest absolute Gasteiger partial charge is 0.314 e. The molecule has 12 rings (SSSR count). The molecule has 0 saturated heterocycles. The number of benzene rings is 8. The number of aromatic nitrogens is 1. The van der Waals surface area contributed by atoms with Crippen molar-refractivity contribution in [2.45, 2.75) is 44.9 Å². The first-order valence-corrected chi connectivity index (χ1v) is 22.5. The van der Waals surface area contributed by atoms with Gasteiger partial charge in [0.15, 0.2) is 0 Å². The Morgan fingerprint density at radius 1 is 0.476 bits per heavy atom. The molecule has 63 heavy (non-hydrogen) atoms. The predicted octanol–water partition coefficient (Wildman–Crippen LogP) is 16.6. The molecule has 0 saturated carbocycles. The van der Waals surface area contributed by atoms with Crippen LogP contribution in [0, 0.1) is 0 Å². The third kappa shape index (κ3) is 6.23. The maximum absolute atomic E-state index is 2.50. The highest BCUT2D eigenvalue weighted by molar-refractivity contribution is 6.21. The van der Waals surface area contributed by atoms with E-state index in [9.17, 15) is 0 Å². The molecular weight excluding hydrogens is 761 g/mol. The zero-order valence-electron chi connectivity index (χ0n) is 35.9. The molecule has 9 aromatic rings. The minimum absolute atomic E-state index is 0.0696. The third-order valence-electron chi connectivity index (χ3n) is 14.0. The van der Waals surface area contributed by atoms with E-state index >= 15 is 0 Å². The summed E-state index contributed by atoms with van der Waals surface area (Å²) < 4.78 is 2.41. The number of nitrogens with zero attached hydrogens (tertiary/aromatic N) is 2. The highest BCUT2D eigenvalue weighted by Crippen LogP contribution is 2.51. The Bertz CT molecular complexity index is 3390. The molecule has 0 radical (unpaired) electrons. The SMILES string of the molecule is CC1(C)c2ccccc2-c2ccc(N(C3=CC=C(C4=CC=CCC4)CC3)c3ccc(-c4ccc(-c5ccc6c(c5)c5c7ccccc7ccc5n6-c5ccccc5)cc4)cc3)cc21. The Balaban J connectivity index is 0.893. The van der Waals surface area contributed by atoms with Gasteiger partial charge in [0, 0.05) is 38.9 Å². The summed E-state index contributed by atoms with van der Waals surface area (Å²) in [6.07, 6.45) is 15.8. The first-order chi connectivity index (χ1) is 31.0. The van der Waals surface area contributed by atoms with Gasteiger partial charge in [0.25, 0.3) is 0 Å². The van der Waals surface area contributed by atoms with E-state index in [4.69, 9.17) is 0 Å². The zero-order chi connectivity index (χ0) is 42.1. The zero-order valence-corrected chi connectivity index (χ0v) is 35.9. The Kier molecular flexibility index (Phi) is 8.83. The number of allylic oxidation sites excluding steroid dienone is 8. The number of hydrogen-bond acceptors (Lipinski definition) is 1. The second-order valence-corrected chi connectivity index (χ2v) is 18.0. The molecule has 1 heterocycles. The van der Waals surface area contributed by atoms with Crippen LogP contribution in [0.4, 0.5) is 11.4 Å². The van der Waals surface area contributed by atoms with Gasteiger partial charge in [0.2, 0.25) is 0 Å². The smallest absolute Gasteiger partial charge is 0.0547 e. The van der Waals surface area contributed by atoms with Crippen LogP contribution in [0.1, 0.15) is 50.7 Å². The number of rotatable bonds is 7. The van der Waals surface area contributed by atoms with Gasteiger partial charge in [-0.25, -0.2) is 0 Å². The third-order valence-corrected chi connectivity index (χ3v) is 14.0. The predicted molar refractivity (Wildman–Crippen MR) is 267 cm³/mol. The molecule has 1 aromatic heterocycles. The van der Waals surface area contributed by atoms with Crippen LogP contribution in [0.25, 0.3) is 71.6 Å². The Morgan fingerprint density at radius 2 is 1.14 bits per heavy atom. The Morgan fingerprint density at radius 3 is 1.92 bits per heavy atom. The van der Waals surface area contributed by atoms with Crippen molar-refractivity contribution in [2.75, 3.05) is 4.90 Å². The summed E-state index contributed by atoms with van der Waals surface area (Å²) in [6.45, 7) is 4.75. The molecule has 0 aliphatic heterocycles. The lowest BCUT2D eigenvalue weighted by atomic mass is 9.82. The maximum Gasteiger partial charge on any atom is 0.0547 e. The Labute approximate surface area is 370 Å². The molecule has 2 heteroatoms. The van der Waals surface area contributed by atoms with Gasteiger partial charge in [-0.1, -0.05) is 159 Å². The molecule has 0 fully saturated rings. The van der Waals surface area contributed by atoms with Crippen LogP contribution in [-0.4, -0.2) is 4.57 Å². The minimum atomic E-state index is -0.0696. The van der Waals surface area contributed by atoms with E-state index in [0.29, 0.717) is 0 Å². The van der Waals surface area contributed by atoms with Crippen molar-refractivity contribution in [3.8, 4) is 39.1 Å². The van der Waals surface area contributed by atoms with Crippen molar-refractivity contribution in [3.63, 3.8) is 0 Å². The quantitative estimate of drug-likeness (QED) is 0.156. The summed E-state index contributed by atoms with van der Waals surface area (Å²) in [7, 11) is 0. The summed E-state index contributed by atoms with van der Waals surface area (Å²) in [6, 6.07) is 65.4. The fourth-order valence-electron chi connectivity index (χ4n) is 10.7. The van der Waals surface area contributed by atoms with Crippen molar-refractivity contribution in [1.29, 1.82) is 0 Å². The lowest BCUT2D eigenvalue weighted by Crippen LogP contribution is -2.20. The highest BCUT2D eigenvalue weighted by Gasteiger charge is 2.36. The normalized spacial score (nSPS) is 15.2. The van der Waals surface area contributed by atoms with Crippen molar-refractivity contribution in [1.82, 2.24) is 4.57 Å². The van der Waals surface area contributed by atoms with E-state index in [1.54, 1.807) is 0 Å². The van der Waals surface area contributed by atoms with Crippen molar-refractivity contribution in [2.24, 2.45) is 0 Å². The van der Waals surface area contributed by atoms with E-state index in [0.717, 1.165) is 25.7 Å². The fourth-order valence-corrected chi connectivity index (χ4v) is 10.7. The highest BCUT2D eigenvalue weighted by atomic mass is 15.1. The first-order valence-electron chi connectivity index (χ1n) is 22.5. The van der Waals surface area contributed by atoms with Crippen molar-refractivity contribution < 1.29 is 0 Å². The monoisotopic (exact) mass is 808 g/mol. The molecule has 3 aliphatic carbocycles. The number of para-hydroxylation sites is 1. The van der Waals surface area contributed by atoms with Gasteiger partial charge in [0.1, 0.15) is 0 Å². The van der Waals surface area contributed by atoms with Crippen LogP contribution < -0.4 is 4.90 Å². The van der Waals surface area contributed by atoms with E-state index in [1.807, 2.05) is 0 Å². The summed E-state index contributed by atoms with van der Waals surface area (Å²) in [4.78, 5) is 2.50. The molecule has 0 bridgehead atoms. The van der Waals surface area contributed by atoms with E-state index in [1.165, 1.54) is 111 Å². The maximum atomic E-state index is 2.50. The lowest BCUT2D eigenvalue weighted by molar-refractivity contribution is 0.660. The molecular formula is C61H48N2. The summed E-state index contributed by atoms with van der Waals surface area (Å²) >= 11 is 0. The van der Waals surface area contributed by atoms with Gasteiger partial charge in [-0.3, -0.25) is 0 Å². The molecule has 0 spiro atoms. The Hall–Kier alpha value is -7.42. The van der Waals surface area contributed by atoms with Gasteiger partial charge in [-0.2, -0.15) is 0 Å². The first kappa shape index (κ1) is 37.4. The van der Waals surface area contributed by atoms with Crippen LogP contribution in [0.15, 0.2) is 223 Å². The van der Waals surface area contributed by atoms with Crippen LogP contribution >= 0.6 is 0 Å².